The number of hydrogen-bond acceptors (Lipinski definition) is 2. The highest BCUT2D eigenvalue weighted by Crippen LogP contribution is 2.17. The minimum atomic E-state index is -0.279. The molecule has 0 aliphatic heterocycles. The molecule has 0 fully saturated rings. The van der Waals surface area contributed by atoms with Crippen molar-refractivity contribution in [2.24, 2.45) is 5.73 Å². The standard InChI is InChI=1S/C17H28FNO/c1-2-3-4-5-6-7-8-9-10-20-17-12-15(14-19)11-16(18)13-17/h11-13H,2-10,14,19H2,1H3. The van der Waals surface area contributed by atoms with Gasteiger partial charge < -0.3 is 10.5 Å². The Kier molecular flexibility index (Phi) is 9.05. The van der Waals surface area contributed by atoms with E-state index in [0.717, 1.165) is 12.0 Å². The minimum absolute atomic E-state index is 0.279. The fourth-order valence-electron chi connectivity index (χ4n) is 2.25. The highest BCUT2D eigenvalue weighted by molar-refractivity contribution is 5.29. The van der Waals surface area contributed by atoms with Crippen LogP contribution in [0.2, 0.25) is 0 Å². The van der Waals surface area contributed by atoms with Gasteiger partial charge in [0.2, 0.25) is 0 Å². The Bertz CT molecular complexity index is 368. The summed E-state index contributed by atoms with van der Waals surface area (Å²) in [6.45, 7) is 3.23. The number of unbranched alkanes of at least 4 members (excludes halogenated alkanes) is 7. The highest BCUT2D eigenvalue weighted by Gasteiger charge is 2.01. The summed E-state index contributed by atoms with van der Waals surface area (Å²) in [5, 5.41) is 0. The number of hydrogen-bond donors (Lipinski definition) is 1. The summed E-state index contributed by atoms with van der Waals surface area (Å²) in [4.78, 5) is 0. The van der Waals surface area contributed by atoms with Crippen molar-refractivity contribution in [1.82, 2.24) is 0 Å². The second kappa shape index (κ2) is 10.7. The van der Waals surface area contributed by atoms with E-state index >= 15 is 0 Å². The molecule has 0 heterocycles. The third-order valence-electron chi connectivity index (χ3n) is 3.43. The van der Waals surface area contributed by atoms with E-state index in [1.165, 1.54) is 57.1 Å². The zero-order chi connectivity index (χ0) is 14.6. The Morgan fingerprint density at radius 3 is 2.25 bits per heavy atom. The molecule has 0 aromatic heterocycles. The lowest BCUT2D eigenvalue weighted by atomic mass is 10.1. The van der Waals surface area contributed by atoms with Gasteiger partial charge in [-0.05, 0) is 24.1 Å². The van der Waals surface area contributed by atoms with E-state index in [0.29, 0.717) is 18.9 Å². The van der Waals surface area contributed by atoms with Crippen LogP contribution in [0.5, 0.6) is 5.75 Å². The maximum absolute atomic E-state index is 13.3. The number of nitrogens with two attached hydrogens (primary N) is 1. The van der Waals surface area contributed by atoms with Gasteiger partial charge in [0.1, 0.15) is 11.6 Å². The zero-order valence-electron chi connectivity index (χ0n) is 12.7. The summed E-state index contributed by atoms with van der Waals surface area (Å²) in [6, 6.07) is 4.68. The molecule has 0 amide bonds. The van der Waals surface area contributed by atoms with Crippen molar-refractivity contribution in [2.75, 3.05) is 6.61 Å². The fraction of sp³-hybridized carbons (Fsp3) is 0.647. The van der Waals surface area contributed by atoms with Crippen LogP contribution in [-0.4, -0.2) is 6.61 Å². The average Bonchev–Trinajstić information content (AvgIpc) is 2.45. The van der Waals surface area contributed by atoms with Crippen LogP contribution >= 0.6 is 0 Å². The van der Waals surface area contributed by atoms with Crippen molar-refractivity contribution in [3.63, 3.8) is 0 Å². The Labute approximate surface area is 122 Å². The molecule has 0 radical (unpaired) electrons. The first kappa shape index (κ1) is 17.0. The minimum Gasteiger partial charge on any atom is -0.493 e. The van der Waals surface area contributed by atoms with Crippen molar-refractivity contribution in [3.05, 3.63) is 29.6 Å². The molecule has 0 spiro atoms. The molecular formula is C17H28FNO. The van der Waals surface area contributed by atoms with Crippen molar-refractivity contribution in [2.45, 2.75) is 64.8 Å². The number of ether oxygens (including phenoxy) is 1. The maximum Gasteiger partial charge on any atom is 0.127 e. The van der Waals surface area contributed by atoms with E-state index in [9.17, 15) is 4.39 Å². The monoisotopic (exact) mass is 281 g/mol. The summed E-state index contributed by atoms with van der Waals surface area (Å²) in [6.07, 6.45) is 10.2. The molecule has 2 nitrogen and oxygen atoms in total. The molecule has 0 atom stereocenters. The number of benzene rings is 1. The van der Waals surface area contributed by atoms with E-state index < -0.39 is 0 Å². The molecule has 0 unspecified atom stereocenters. The third kappa shape index (κ3) is 7.49. The van der Waals surface area contributed by atoms with E-state index in [2.05, 4.69) is 6.92 Å². The normalized spacial score (nSPS) is 10.8. The molecule has 1 aromatic rings. The summed E-state index contributed by atoms with van der Waals surface area (Å²) in [5.41, 5.74) is 6.28. The van der Waals surface area contributed by atoms with Gasteiger partial charge in [-0.15, -0.1) is 0 Å². The van der Waals surface area contributed by atoms with Crippen LogP contribution < -0.4 is 10.5 Å². The first-order valence-electron chi connectivity index (χ1n) is 7.88. The summed E-state index contributed by atoms with van der Waals surface area (Å²) < 4.78 is 18.8. The van der Waals surface area contributed by atoms with Gasteiger partial charge in [-0.25, -0.2) is 4.39 Å². The molecule has 0 bridgehead atoms. The molecule has 20 heavy (non-hydrogen) atoms. The number of halogens is 1. The van der Waals surface area contributed by atoms with Gasteiger partial charge in [-0.3, -0.25) is 0 Å². The highest BCUT2D eigenvalue weighted by atomic mass is 19.1. The first-order valence-corrected chi connectivity index (χ1v) is 7.88. The van der Waals surface area contributed by atoms with E-state index in [4.69, 9.17) is 10.5 Å². The van der Waals surface area contributed by atoms with Crippen molar-refractivity contribution < 1.29 is 9.13 Å². The molecule has 0 aliphatic carbocycles. The van der Waals surface area contributed by atoms with Gasteiger partial charge in [0.25, 0.3) is 0 Å². The Hall–Kier alpha value is -1.09. The van der Waals surface area contributed by atoms with Gasteiger partial charge >= 0.3 is 0 Å². The molecular weight excluding hydrogens is 253 g/mol. The van der Waals surface area contributed by atoms with E-state index in [1.807, 2.05) is 6.07 Å². The molecule has 3 heteroatoms. The van der Waals surface area contributed by atoms with Crippen LogP contribution in [0.1, 0.15) is 63.9 Å². The lowest BCUT2D eigenvalue weighted by molar-refractivity contribution is 0.302. The van der Waals surface area contributed by atoms with Crippen LogP contribution in [0.4, 0.5) is 4.39 Å². The Morgan fingerprint density at radius 2 is 1.60 bits per heavy atom. The average molecular weight is 281 g/mol. The molecule has 1 aromatic carbocycles. The maximum atomic E-state index is 13.3. The fourth-order valence-corrected chi connectivity index (χ4v) is 2.25. The van der Waals surface area contributed by atoms with Gasteiger partial charge in [-0.1, -0.05) is 51.9 Å². The van der Waals surface area contributed by atoms with Crippen molar-refractivity contribution in [3.8, 4) is 5.75 Å². The lowest BCUT2D eigenvalue weighted by Crippen LogP contribution is -2.01. The summed E-state index contributed by atoms with van der Waals surface area (Å²) in [7, 11) is 0. The van der Waals surface area contributed by atoms with Crippen molar-refractivity contribution >= 4 is 0 Å². The lowest BCUT2D eigenvalue weighted by Gasteiger charge is -2.08. The number of rotatable bonds is 11. The first-order chi connectivity index (χ1) is 9.76. The van der Waals surface area contributed by atoms with Crippen LogP contribution in [-0.2, 0) is 6.54 Å². The Morgan fingerprint density at radius 1 is 0.950 bits per heavy atom. The van der Waals surface area contributed by atoms with Gasteiger partial charge in [0, 0.05) is 12.6 Å². The predicted molar refractivity (Wildman–Crippen MR) is 82.4 cm³/mol. The molecule has 0 saturated heterocycles. The van der Waals surface area contributed by atoms with Crippen LogP contribution in [0.3, 0.4) is 0 Å². The second-order valence-corrected chi connectivity index (χ2v) is 5.32. The zero-order valence-corrected chi connectivity index (χ0v) is 12.7. The second-order valence-electron chi connectivity index (χ2n) is 5.32. The van der Waals surface area contributed by atoms with Gasteiger partial charge in [0.05, 0.1) is 6.61 Å². The van der Waals surface area contributed by atoms with Gasteiger partial charge in [0.15, 0.2) is 0 Å². The quantitative estimate of drug-likeness (QED) is 0.591. The summed E-state index contributed by atoms with van der Waals surface area (Å²) in [5.74, 6) is 0.312. The van der Waals surface area contributed by atoms with E-state index in [-0.39, 0.29) is 5.82 Å². The van der Waals surface area contributed by atoms with Crippen LogP contribution in [0.25, 0.3) is 0 Å². The predicted octanol–water partition coefficient (Wildman–Crippen LogP) is 4.80. The summed E-state index contributed by atoms with van der Waals surface area (Å²) >= 11 is 0. The van der Waals surface area contributed by atoms with Gasteiger partial charge in [-0.2, -0.15) is 0 Å². The molecule has 1 rings (SSSR count). The van der Waals surface area contributed by atoms with Crippen LogP contribution in [0.15, 0.2) is 18.2 Å². The molecule has 0 saturated carbocycles. The van der Waals surface area contributed by atoms with Crippen molar-refractivity contribution in [1.29, 1.82) is 0 Å². The van der Waals surface area contributed by atoms with Crippen LogP contribution in [0, 0.1) is 5.82 Å². The molecule has 2 N–H and O–H groups in total. The SMILES string of the molecule is CCCCCCCCCCOc1cc(F)cc(CN)c1. The largest absolute Gasteiger partial charge is 0.493 e. The third-order valence-corrected chi connectivity index (χ3v) is 3.43. The van der Waals surface area contributed by atoms with E-state index in [1.54, 1.807) is 0 Å². The smallest absolute Gasteiger partial charge is 0.127 e. The topological polar surface area (TPSA) is 35.2 Å². The molecule has 0 aliphatic rings. The molecule has 114 valence electrons. The Balaban J connectivity index is 2.08.